The Morgan fingerprint density at radius 2 is 1.04 bits per heavy atom. The number of phenols is 2. The Hall–Kier alpha value is -3.24. The van der Waals surface area contributed by atoms with Crippen LogP contribution in [0.3, 0.4) is 0 Å². The molecule has 2 aliphatic rings. The van der Waals surface area contributed by atoms with Gasteiger partial charge in [0.25, 0.3) is 0 Å². The lowest BCUT2D eigenvalue weighted by molar-refractivity contribution is -0.140. The Bertz CT molecular complexity index is 1470. The molecule has 13 nitrogen and oxygen atoms in total. The molecule has 0 bridgehead atoms. The van der Waals surface area contributed by atoms with Crippen molar-refractivity contribution in [1.29, 1.82) is 0 Å². The minimum absolute atomic E-state index is 0. The Balaban J connectivity index is -0.000000334. The molecule has 1 amide bonds. The molecule has 0 radical (unpaired) electrons. The number of nitrogens with two attached hydrogens (primary N) is 1. The molecule has 0 saturated carbocycles. The number of amides is 1. The van der Waals surface area contributed by atoms with Crippen LogP contribution in [0.15, 0.2) is 48.5 Å². The van der Waals surface area contributed by atoms with Gasteiger partial charge in [-0.3, -0.25) is 9.59 Å². The molecule has 54 heavy (non-hydrogen) atoms. The van der Waals surface area contributed by atoms with Crippen molar-refractivity contribution in [3.05, 3.63) is 59.7 Å². The topological polar surface area (TPSA) is 208 Å². The normalized spacial score (nSPS) is 17.3. The van der Waals surface area contributed by atoms with E-state index in [1.807, 2.05) is 81.4 Å². The molecule has 4 rings (SSSR count). The second kappa shape index (κ2) is 31.0. The summed E-state index contributed by atoms with van der Waals surface area (Å²) in [7, 11) is -6.70. The number of sulfonamides is 2. The first-order chi connectivity index (χ1) is 24.9. The molecular formula is C39H74N4O9S2. The number of nitrogens with one attached hydrogen (secondary N) is 1. The maximum Gasteiger partial charge on any atom is 0.322 e. The molecule has 0 aliphatic carbocycles. The standard InChI is InChI=1S/C15H22N2O4S.C9H13NO.C6H11NO4S.4C2H6.CH4/c1-11(10-12-5-7-13(18)8-6-12)16-15(19)14-4-3-9-17(14)22(2,20)21;1-7(10)6-8-2-4-9(11)5-3-8;1-12(10,11)7-4-2-3-5(7)6(8)9;4*1-2;/h5-8,11,14,18H,3-4,9-10H2,1-2H3,(H,16,19);2-5,7,11H,6,10H2,1H3;5H,2-4H2,1H3,(H,8,9);4*1-2H3;1H4. The number of hydrogen-bond acceptors (Lipinski definition) is 9. The van der Waals surface area contributed by atoms with Crippen LogP contribution in [0.2, 0.25) is 0 Å². The average Bonchev–Trinajstić information content (AvgIpc) is 3.83. The number of carboxylic acid groups (broad SMARTS) is 1. The third-order valence-electron chi connectivity index (χ3n) is 7.21. The molecule has 4 atom stereocenters. The fraction of sp³-hybridized carbons (Fsp3) is 0.641. The SMILES string of the molecule is C.CC.CC.CC.CC.CC(Cc1ccc(O)cc1)NC(=O)C1CCCN1S(C)(=O)=O.CC(N)Cc1ccc(O)cc1.CS(=O)(=O)N1CCCC1C(=O)O. The summed E-state index contributed by atoms with van der Waals surface area (Å²) >= 11 is 0. The molecule has 2 saturated heterocycles. The van der Waals surface area contributed by atoms with Gasteiger partial charge in [0.2, 0.25) is 26.0 Å². The number of hydrogen-bond donors (Lipinski definition) is 5. The number of nitrogens with zero attached hydrogens (tertiary/aromatic N) is 2. The lowest BCUT2D eigenvalue weighted by Gasteiger charge is -2.23. The van der Waals surface area contributed by atoms with Gasteiger partial charge in [-0.05, 0) is 87.8 Å². The predicted octanol–water partition coefficient (Wildman–Crippen LogP) is 6.38. The van der Waals surface area contributed by atoms with Crippen LogP contribution in [-0.4, -0.2) is 102 Å². The Labute approximate surface area is 328 Å². The minimum Gasteiger partial charge on any atom is -0.508 e. The molecule has 2 aromatic rings. The van der Waals surface area contributed by atoms with E-state index in [0.29, 0.717) is 50.9 Å². The maximum atomic E-state index is 12.3. The van der Waals surface area contributed by atoms with Gasteiger partial charge in [0.1, 0.15) is 23.6 Å². The number of carboxylic acids is 1. The van der Waals surface area contributed by atoms with Gasteiger partial charge in [-0.2, -0.15) is 8.61 Å². The first-order valence-electron chi connectivity index (χ1n) is 18.7. The van der Waals surface area contributed by atoms with E-state index in [-0.39, 0.29) is 31.2 Å². The fourth-order valence-corrected chi connectivity index (χ4v) is 7.41. The molecule has 0 aromatic heterocycles. The molecule has 0 spiro atoms. The fourth-order valence-electron chi connectivity index (χ4n) is 5.16. The molecule has 2 heterocycles. The van der Waals surface area contributed by atoms with E-state index < -0.39 is 38.1 Å². The summed E-state index contributed by atoms with van der Waals surface area (Å²) in [6, 6.07) is 12.6. The van der Waals surface area contributed by atoms with Crippen LogP contribution in [0.4, 0.5) is 0 Å². The summed E-state index contributed by atoms with van der Waals surface area (Å²) in [4.78, 5) is 22.9. The molecule has 15 heteroatoms. The number of phenolic OH excluding ortho intramolecular Hbond substituents is 2. The van der Waals surface area contributed by atoms with Crippen molar-refractivity contribution in [2.45, 2.75) is 139 Å². The molecule has 316 valence electrons. The highest BCUT2D eigenvalue weighted by Gasteiger charge is 2.37. The highest BCUT2D eigenvalue weighted by atomic mass is 32.2. The Morgan fingerprint density at radius 1 is 0.704 bits per heavy atom. The Kier molecular flexibility index (Phi) is 33.0. The molecule has 4 unspecified atom stereocenters. The van der Waals surface area contributed by atoms with Crippen LogP contribution >= 0.6 is 0 Å². The van der Waals surface area contributed by atoms with Gasteiger partial charge in [-0.15, -0.1) is 0 Å². The van der Waals surface area contributed by atoms with Gasteiger partial charge in [0, 0.05) is 25.2 Å². The van der Waals surface area contributed by atoms with Crippen molar-refractivity contribution in [2.24, 2.45) is 5.73 Å². The molecular weight excluding hydrogens is 733 g/mol. The highest BCUT2D eigenvalue weighted by molar-refractivity contribution is 7.88. The first-order valence-corrected chi connectivity index (χ1v) is 22.4. The van der Waals surface area contributed by atoms with Crippen LogP contribution in [0.5, 0.6) is 11.5 Å². The van der Waals surface area contributed by atoms with E-state index in [1.165, 1.54) is 4.31 Å². The number of carbonyl (C=O) groups is 2. The van der Waals surface area contributed by atoms with Crippen molar-refractivity contribution in [1.82, 2.24) is 13.9 Å². The monoisotopic (exact) mass is 806 g/mol. The quantitative estimate of drug-likeness (QED) is 0.189. The zero-order chi connectivity index (χ0) is 41.9. The second-order valence-electron chi connectivity index (χ2n) is 11.5. The average molecular weight is 807 g/mol. The number of aliphatic carboxylic acids is 1. The van der Waals surface area contributed by atoms with Gasteiger partial charge in [-0.25, -0.2) is 16.8 Å². The summed E-state index contributed by atoms with van der Waals surface area (Å²) in [5, 5.41) is 29.7. The third kappa shape index (κ3) is 23.5. The van der Waals surface area contributed by atoms with Crippen LogP contribution in [0.25, 0.3) is 0 Å². The van der Waals surface area contributed by atoms with Crippen molar-refractivity contribution in [3.63, 3.8) is 0 Å². The van der Waals surface area contributed by atoms with Gasteiger partial charge >= 0.3 is 5.97 Å². The second-order valence-corrected chi connectivity index (χ2v) is 15.4. The van der Waals surface area contributed by atoms with E-state index in [0.717, 1.165) is 34.4 Å². The Morgan fingerprint density at radius 3 is 1.35 bits per heavy atom. The summed E-state index contributed by atoms with van der Waals surface area (Å²) in [5.41, 5.74) is 7.76. The summed E-state index contributed by atoms with van der Waals surface area (Å²) in [6.45, 7) is 20.6. The smallest absolute Gasteiger partial charge is 0.322 e. The van der Waals surface area contributed by atoms with Crippen molar-refractivity contribution < 1.29 is 41.7 Å². The predicted molar refractivity (Wildman–Crippen MR) is 224 cm³/mol. The highest BCUT2D eigenvalue weighted by Crippen LogP contribution is 2.21. The zero-order valence-electron chi connectivity index (χ0n) is 34.2. The summed E-state index contributed by atoms with van der Waals surface area (Å²) < 4.78 is 47.7. The number of aromatic hydroxyl groups is 2. The summed E-state index contributed by atoms with van der Waals surface area (Å²) in [6.07, 6.45) is 5.97. The van der Waals surface area contributed by atoms with E-state index in [1.54, 1.807) is 36.4 Å². The number of rotatable bonds is 9. The lowest BCUT2D eigenvalue weighted by atomic mass is 10.1. The number of benzene rings is 2. The van der Waals surface area contributed by atoms with E-state index in [4.69, 9.17) is 15.9 Å². The largest absolute Gasteiger partial charge is 0.508 e. The first kappa shape index (κ1) is 57.5. The van der Waals surface area contributed by atoms with Gasteiger partial charge in [-0.1, -0.05) is 87.1 Å². The van der Waals surface area contributed by atoms with Crippen LogP contribution in [-0.2, 0) is 42.5 Å². The van der Waals surface area contributed by atoms with Crippen LogP contribution in [0, 0.1) is 0 Å². The molecule has 2 aromatic carbocycles. The van der Waals surface area contributed by atoms with E-state index in [2.05, 4.69) is 5.32 Å². The third-order valence-corrected chi connectivity index (χ3v) is 9.79. The molecule has 6 N–H and O–H groups in total. The molecule has 2 fully saturated rings. The zero-order valence-corrected chi connectivity index (χ0v) is 35.8. The van der Waals surface area contributed by atoms with E-state index >= 15 is 0 Å². The maximum absolute atomic E-state index is 12.3. The number of carbonyl (C=O) groups excluding carboxylic acids is 1. The van der Waals surface area contributed by atoms with Gasteiger partial charge in [0.15, 0.2) is 0 Å². The lowest BCUT2D eigenvalue weighted by Crippen LogP contribution is -2.48. The molecule has 2 aliphatic heterocycles. The van der Waals surface area contributed by atoms with Gasteiger partial charge in [0.05, 0.1) is 12.5 Å². The minimum atomic E-state index is -3.35. The van der Waals surface area contributed by atoms with Crippen molar-refractivity contribution in [3.8, 4) is 11.5 Å². The van der Waals surface area contributed by atoms with Crippen LogP contribution < -0.4 is 11.1 Å². The van der Waals surface area contributed by atoms with Crippen molar-refractivity contribution in [2.75, 3.05) is 25.6 Å². The van der Waals surface area contributed by atoms with E-state index in [9.17, 15) is 31.5 Å². The van der Waals surface area contributed by atoms with Crippen molar-refractivity contribution >= 4 is 31.9 Å². The van der Waals surface area contributed by atoms with Crippen LogP contribution in [0.1, 0.15) is 113 Å². The van der Waals surface area contributed by atoms with Gasteiger partial charge < -0.3 is 26.4 Å². The summed E-state index contributed by atoms with van der Waals surface area (Å²) in [5.74, 6) is -0.791.